The van der Waals surface area contributed by atoms with Crippen LogP contribution in [0.25, 0.3) is 0 Å². The van der Waals surface area contributed by atoms with Crippen LogP contribution in [-0.4, -0.2) is 10.9 Å². The molecule has 4 nitrogen and oxygen atoms in total. The highest BCUT2D eigenvalue weighted by atomic mass is 19.4. The summed E-state index contributed by atoms with van der Waals surface area (Å²) in [6.07, 6.45) is -3.00. The number of carbonyl (C=O) groups excluding carboxylic acids is 1. The monoisotopic (exact) mass is 371 g/mol. The highest BCUT2D eigenvalue weighted by molar-refractivity contribution is 6.03. The lowest BCUT2D eigenvalue weighted by Crippen LogP contribution is -2.13. The minimum absolute atomic E-state index is 0.147. The highest BCUT2D eigenvalue weighted by Crippen LogP contribution is 2.31. The summed E-state index contributed by atoms with van der Waals surface area (Å²) in [6.45, 7) is 1.91. The van der Waals surface area contributed by atoms with Gasteiger partial charge in [0, 0.05) is 23.3 Å². The van der Waals surface area contributed by atoms with Crippen molar-refractivity contribution in [3.05, 3.63) is 83.7 Å². The van der Waals surface area contributed by atoms with Gasteiger partial charge in [0.15, 0.2) is 0 Å². The molecule has 3 rings (SSSR count). The van der Waals surface area contributed by atoms with E-state index in [1.807, 2.05) is 25.1 Å². The number of amides is 1. The lowest BCUT2D eigenvalue weighted by atomic mass is 10.2. The topological polar surface area (TPSA) is 54.0 Å². The predicted octanol–water partition coefficient (Wildman–Crippen LogP) is 5.40. The van der Waals surface area contributed by atoms with Crippen molar-refractivity contribution in [1.82, 2.24) is 4.98 Å². The van der Waals surface area contributed by atoms with Gasteiger partial charge in [0.25, 0.3) is 5.91 Å². The zero-order chi connectivity index (χ0) is 19.4. The molecule has 27 heavy (non-hydrogen) atoms. The number of hydrogen-bond acceptors (Lipinski definition) is 3. The lowest BCUT2D eigenvalue weighted by molar-refractivity contribution is -0.137. The van der Waals surface area contributed by atoms with E-state index in [1.165, 1.54) is 24.4 Å². The molecule has 0 fully saturated rings. The molecule has 1 heterocycles. The van der Waals surface area contributed by atoms with Crippen molar-refractivity contribution in [3.63, 3.8) is 0 Å². The van der Waals surface area contributed by atoms with Crippen molar-refractivity contribution in [1.29, 1.82) is 0 Å². The van der Waals surface area contributed by atoms with Crippen LogP contribution in [-0.2, 0) is 6.18 Å². The first kappa shape index (κ1) is 18.4. The van der Waals surface area contributed by atoms with Crippen molar-refractivity contribution in [3.8, 4) is 0 Å². The third kappa shape index (κ3) is 4.84. The Kier molecular flexibility index (Phi) is 5.12. The smallest absolute Gasteiger partial charge is 0.355 e. The number of aryl methyl sites for hydroxylation is 1. The Morgan fingerprint density at radius 3 is 2.37 bits per heavy atom. The molecular weight excluding hydrogens is 355 g/mol. The molecule has 0 spiro atoms. The van der Waals surface area contributed by atoms with E-state index < -0.39 is 17.6 Å². The van der Waals surface area contributed by atoms with E-state index in [4.69, 9.17) is 0 Å². The third-order valence-electron chi connectivity index (χ3n) is 3.75. The number of nitrogens with one attached hydrogen (secondary N) is 2. The van der Waals surface area contributed by atoms with Gasteiger partial charge in [0.2, 0.25) is 0 Å². The molecule has 2 aromatic carbocycles. The van der Waals surface area contributed by atoms with Crippen molar-refractivity contribution in [2.24, 2.45) is 0 Å². The Balaban J connectivity index is 1.77. The summed E-state index contributed by atoms with van der Waals surface area (Å²) in [6, 6.07) is 15.2. The van der Waals surface area contributed by atoms with Crippen molar-refractivity contribution < 1.29 is 18.0 Å². The minimum Gasteiger partial charge on any atom is -0.355 e. The van der Waals surface area contributed by atoms with Crippen LogP contribution in [0.4, 0.5) is 30.2 Å². The molecule has 7 heteroatoms. The molecular formula is C20H16F3N3O. The molecule has 0 aliphatic carbocycles. The molecule has 0 atom stereocenters. The Morgan fingerprint density at radius 1 is 0.926 bits per heavy atom. The van der Waals surface area contributed by atoms with Gasteiger partial charge in [-0.3, -0.25) is 9.78 Å². The number of alkyl halides is 3. The third-order valence-corrected chi connectivity index (χ3v) is 3.75. The van der Waals surface area contributed by atoms with Crippen LogP contribution in [0.5, 0.6) is 0 Å². The number of benzene rings is 2. The predicted molar refractivity (Wildman–Crippen MR) is 98.1 cm³/mol. The van der Waals surface area contributed by atoms with Gasteiger partial charge in [-0.05, 0) is 55.0 Å². The second-order valence-electron chi connectivity index (χ2n) is 5.96. The maximum Gasteiger partial charge on any atom is 0.416 e. The summed E-state index contributed by atoms with van der Waals surface area (Å²) in [5.41, 5.74) is 1.76. The zero-order valence-electron chi connectivity index (χ0n) is 14.3. The molecule has 0 aliphatic rings. The zero-order valence-corrected chi connectivity index (χ0v) is 14.3. The van der Waals surface area contributed by atoms with Crippen molar-refractivity contribution >= 4 is 23.0 Å². The average Bonchev–Trinajstić information content (AvgIpc) is 2.61. The summed E-state index contributed by atoms with van der Waals surface area (Å²) < 4.78 is 38.5. The second-order valence-corrected chi connectivity index (χ2v) is 5.96. The number of nitrogens with zero attached hydrogens (tertiary/aromatic N) is 1. The van der Waals surface area contributed by atoms with Gasteiger partial charge >= 0.3 is 6.18 Å². The summed E-state index contributed by atoms with van der Waals surface area (Å²) in [5, 5.41) is 5.61. The van der Waals surface area contributed by atoms with E-state index >= 15 is 0 Å². The van der Waals surface area contributed by atoms with Crippen LogP contribution in [0.2, 0.25) is 0 Å². The van der Waals surface area contributed by atoms with Crippen LogP contribution in [0.3, 0.4) is 0 Å². The Bertz CT molecular complexity index is 970. The maximum atomic E-state index is 12.8. The van der Waals surface area contributed by atoms with E-state index in [0.717, 1.165) is 17.7 Å². The maximum absolute atomic E-state index is 12.8. The van der Waals surface area contributed by atoms with E-state index in [1.54, 1.807) is 12.1 Å². The first-order valence-electron chi connectivity index (χ1n) is 8.09. The fourth-order valence-electron chi connectivity index (χ4n) is 2.49. The van der Waals surface area contributed by atoms with Gasteiger partial charge in [-0.25, -0.2) is 0 Å². The fourth-order valence-corrected chi connectivity index (χ4v) is 2.49. The van der Waals surface area contributed by atoms with E-state index in [2.05, 4.69) is 15.6 Å². The highest BCUT2D eigenvalue weighted by Gasteiger charge is 2.30. The first-order chi connectivity index (χ1) is 12.8. The molecule has 3 aromatic rings. The number of anilines is 3. The summed E-state index contributed by atoms with van der Waals surface area (Å²) >= 11 is 0. The molecule has 1 aromatic heterocycles. The lowest BCUT2D eigenvalue weighted by Gasteiger charge is -2.11. The van der Waals surface area contributed by atoms with Crippen molar-refractivity contribution in [2.45, 2.75) is 13.1 Å². The number of hydrogen-bond donors (Lipinski definition) is 2. The van der Waals surface area contributed by atoms with E-state index in [0.29, 0.717) is 11.4 Å². The van der Waals surface area contributed by atoms with Gasteiger partial charge < -0.3 is 10.6 Å². The Hall–Kier alpha value is -3.35. The van der Waals surface area contributed by atoms with Crippen LogP contribution >= 0.6 is 0 Å². The van der Waals surface area contributed by atoms with Crippen LogP contribution in [0, 0.1) is 6.92 Å². The largest absolute Gasteiger partial charge is 0.416 e. The summed E-state index contributed by atoms with van der Waals surface area (Å²) in [7, 11) is 0. The molecule has 0 saturated carbocycles. The van der Waals surface area contributed by atoms with Crippen molar-refractivity contribution in [2.75, 3.05) is 10.6 Å². The minimum atomic E-state index is -4.42. The number of halogens is 3. The van der Waals surface area contributed by atoms with Gasteiger partial charge in [-0.2, -0.15) is 13.2 Å². The number of rotatable bonds is 4. The van der Waals surface area contributed by atoms with Gasteiger partial charge in [0.1, 0.15) is 5.69 Å². The SMILES string of the molecule is Cc1cccc(NC(=O)c2cc(Nc3cccc(C(F)(F)F)c3)ccn2)c1. The second kappa shape index (κ2) is 7.49. The Labute approximate surface area is 154 Å². The number of aromatic nitrogens is 1. The molecule has 0 bridgehead atoms. The van der Waals surface area contributed by atoms with Gasteiger partial charge in [0.05, 0.1) is 5.56 Å². The van der Waals surface area contributed by atoms with Crippen LogP contribution in [0.1, 0.15) is 21.6 Å². The molecule has 138 valence electrons. The van der Waals surface area contributed by atoms with Crippen LogP contribution < -0.4 is 10.6 Å². The fraction of sp³-hybridized carbons (Fsp3) is 0.100. The standard InChI is InChI=1S/C20H16F3N3O/c1-13-4-2-6-15(10-13)26-19(27)18-12-17(8-9-24-18)25-16-7-3-5-14(11-16)20(21,22)23/h2-12H,1H3,(H,24,25)(H,26,27). The normalized spacial score (nSPS) is 11.1. The first-order valence-corrected chi connectivity index (χ1v) is 8.09. The van der Waals surface area contributed by atoms with E-state index in [-0.39, 0.29) is 11.4 Å². The number of carbonyl (C=O) groups is 1. The number of pyridine rings is 1. The molecule has 2 N–H and O–H groups in total. The molecule has 0 aliphatic heterocycles. The van der Waals surface area contributed by atoms with Gasteiger partial charge in [-0.1, -0.05) is 18.2 Å². The molecule has 1 amide bonds. The summed E-state index contributed by atoms with van der Waals surface area (Å²) in [4.78, 5) is 16.4. The Morgan fingerprint density at radius 2 is 1.63 bits per heavy atom. The van der Waals surface area contributed by atoms with Gasteiger partial charge in [-0.15, -0.1) is 0 Å². The molecule has 0 saturated heterocycles. The molecule has 0 radical (unpaired) electrons. The average molecular weight is 371 g/mol. The quantitative estimate of drug-likeness (QED) is 0.645. The summed E-state index contributed by atoms with van der Waals surface area (Å²) in [5.74, 6) is -0.409. The van der Waals surface area contributed by atoms with E-state index in [9.17, 15) is 18.0 Å². The van der Waals surface area contributed by atoms with Crippen LogP contribution in [0.15, 0.2) is 66.9 Å². The molecule has 0 unspecified atom stereocenters.